The van der Waals surface area contributed by atoms with Crippen molar-refractivity contribution >= 4 is 0 Å². The van der Waals surface area contributed by atoms with E-state index in [1.165, 1.54) is 12.3 Å². The fourth-order valence-corrected chi connectivity index (χ4v) is 0.383. The molecule has 0 radical (unpaired) electrons. The van der Waals surface area contributed by atoms with Crippen molar-refractivity contribution in [2.75, 3.05) is 0 Å². The number of hydrogen-bond donors (Lipinski definition) is 2. The Labute approximate surface area is 44.2 Å². The molecular weight excluding hydrogens is 111 g/mol. The largest absolute Gasteiger partial charge is 0.325 e. The Hall–Kier alpha value is -1.32. The van der Waals surface area contributed by atoms with Crippen molar-refractivity contribution in [2.45, 2.75) is 0 Å². The highest BCUT2D eigenvalue weighted by Gasteiger charge is 1.77. The third-order valence-corrected chi connectivity index (χ3v) is 0.686. The molecule has 0 fully saturated rings. The summed E-state index contributed by atoms with van der Waals surface area (Å²) in [5.41, 5.74) is -0.855. The average molecular weight is 115 g/mol. The molecule has 1 aromatic heterocycles. The molecule has 2 N–H and O–H groups in total. The van der Waals surface area contributed by atoms with Crippen molar-refractivity contribution in [1.29, 1.82) is 0 Å². The van der Waals surface area contributed by atoms with Gasteiger partial charge in [0.2, 0.25) is 0 Å². The molecule has 0 aliphatic carbocycles. The van der Waals surface area contributed by atoms with Crippen LogP contribution in [-0.2, 0) is 0 Å². The molecule has 4 nitrogen and oxygen atoms in total. The van der Waals surface area contributed by atoms with Crippen molar-refractivity contribution in [1.82, 2.24) is 9.97 Å². The molecule has 1 aromatic rings. The van der Waals surface area contributed by atoms with Crippen LogP contribution in [0, 0.1) is 0 Å². The van der Waals surface area contributed by atoms with E-state index in [1.807, 2.05) is 4.98 Å². The molecule has 0 unspecified atom stereocenters. The molecule has 4 heteroatoms. The van der Waals surface area contributed by atoms with Gasteiger partial charge in [-0.3, -0.25) is 9.78 Å². The summed E-state index contributed by atoms with van der Waals surface area (Å²) < 4.78 is 0. The van der Waals surface area contributed by atoms with Gasteiger partial charge in [0.05, 0.1) is 0 Å². The molecule has 0 aliphatic rings. The predicted octanol–water partition coefficient (Wildman–Crippen LogP) is -0.937. The first-order chi connectivity index (χ1) is 3.79. The minimum atomic E-state index is -0.475. The van der Waals surface area contributed by atoms with Gasteiger partial charge in [0.25, 0.3) is 5.56 Å². The zero-order valence-electron chi connectivity index (χ0n) is 3.97. The lowest BCUT2D eigenvalue weighted by Crippen LogP contribution is -2.19. The van der Waals surface area contributed by atoms with Crippen LogP contribution >= 0.6 is 0 Å². The van der Waals surface area contributed by atoms with E-state index in [0.717, 1.165) is 0 Å². The van der Waals surface area contributed by atoms with E-state index in [-0.39, 0.29) is 5.56 Å². The second-order valence-electron chi connectivity index (χ2n) is 1.30. The molecule has 1 heterocycles. The summed E-state index contributed by atoms with van der Waals surface area (Å²) in [7, 11) is 0. The van der Waals surface area contributed by atoms with E-state index in [2.05, 4.69) is 4.98 Å². The van der Waals surface area contributed by atoms with Crippen molar-refractivity contribution in [3.8, 4) is 0 Å². The standard InChI is InChI=1S/C4H4N2O2/c7-3-1-2-5-4(8)6-3/h1-2H,(H2,5,6,7,8)/i5+1,6+1,8+1. The van der Waals surface area contributed by atoms with E-state index in [9.17, 15) is 9.59 Å². The van der Waals surface area contributed by atoms with Crippen molar-refractivity contribution < 1.29 is 0 Å². The van der Waals surface area contributed by atoms with E-state index < -0.39 is 5.69 Å². The first-order valence-electron chi connectivity index (χ1n) is 2.07. The van der Waals surface area contributed by atoms with Crippen LogP contribution in [-0.4, -0.2) is 9.97 Å². The van der Waals surface area contributed by atoms with Gasteiger partial charge in [-0.15, -0.1) is 0 Å². The normalized spacial score (nSPS) is 9.00. The quantitative estimate of drug-likeness (QED) is 0.458. The topological polar surface area (TPSA) is 65.7 Å². The number of aromatic amines is 2. The minimum absolute atomic E-state index is 0.381. The average Bonchev–Trinajstić information content (AvgIpc) is 1.64. The highest BCUT2D eigenvalue weighted by molar-refractivity contribution is 4.77. The maximum Gasteiger partial charge on any atom is 0.325 e. The molecule has 0 spiro atoms. The summed E-state index contributed by atoms with van der Waals surface area (Å²) in [6, 6.07) is 1.24. The van der Waals surface area contributed by atoms with Crippen LogP contribution in [0.4, 0.5) is 0 Å². The molecule has 8 heavy (non-hydrogen) atoms. The van der Waals surface area contributed by atoms with E-state index in [0.29, 0.717) is 0 Å². The molecule has 0 aromatic carbocycles. The van der Waals surface area contributed by atoms with Gasteiger partial charge >= 0.3 is 5.69 Å². The van der Waals surface area contributed by atoms with Gasteiger partial charge in [-0.05, 0) is 0 Å². The van der Waals surface area contributed by atoms with Crippen molar-refractivity contribution in [3.63, 3.8) is 0 Å². The maximum absolute atomic E-state index is 10.2. The minimum Gasteiger partial charge on any atom is -0.314 e. The van der Waals surface area contributed by atoms with Gasteiger partial charge in [0, 0.05) is 12.3 Å². The predicted molar refractivity (Wildman–Crippen MR) is 27.7 cm³/mol. The fourth-order valence-electron chi connectivity index (χ4n) is 0.383. The van der Waals surface area contributed by atoms with Crippen LogP contribution in [0.15, 0.2) is 21.9 Å². The fraction of sp³-hybridized carbons (Fsp3) is 0. The van der Waals surface area contributed by atoms with Crippen LogP contribution in [0.2, 0.25) is 0 Å². The Kier molecular flexibility index (Phi) is 0.997. The van der Waals surface area contributed by atoms with Crippen LogP contribution in [0.25, 0.3) is 0 Å². The Morgan fingerprint density at radius 2 is 2.38 bits per heavy atom. The Morgan fingerprint density at radius 3 is 2.75 bits per heavy atom. The smallest absolute Gasteiger partial charge is 0.314 e. The third kappa shape index (κ3) is 0.841. The van der Waals surface area contributed by atoms with Gasteiger partial charge in [-0.25, -0.2) is 4.79 Å². The van der Waals surface area contributed by atoms with Gasteiger partial charge in [-0.2, -0.15) is 0 Å². The number of nitrogens with one attached hydrogen (secondary N) is 2. The lowest BCUT2D eigenvalue weighted by Gasteiger charge is -1.75. The van der Waals surface area contributed by atoms with E-state index in [1.54, 1.807) is 0 Å². The Morgan fingerprint density at radius 1 is 1.62 bits per heavy atom. The second kappa shape index (κ2) is 1.65. The highest BCUT2D eigenvalue weighted by atomic mass is 17.1. The summed E-state index contributed by atoms with van der Waals surface area (Å²) in [6.07, 6.45) is 1.29. The molecule has 0 bridgehead atoms. The summed E-state index contributed by atoms with van der Waals surface area (Å²) in [5.74, 6) is 0. The second-order valence-corrected chi connectivity index (χ2v) is 1.30. The van der Waals surface area contributed by atoms with Crippen molar-refractivity contribution in [3.05, 3.63) is 33.1 Å². The van der Waals surface area contributed by atoms with Gasteiger partial charge in [0.15, 0.2) is 0 Å². The monoisotopic (exact) mass is 115 g/mol. The molecule has 0 atom stereocenters. The lowest BCUT2D eigenvalue weighted by molar-refractivity contribution is 1.04. The lowest BCUT2D eigenvalue weighted by atomic mass is 10.7. The SMILES string of the molecule is O=c1cc[15nH]c(=[17O])[15nH]1. The van der Waals surface area contributed by atoms with Gasteiger partial charge < -0.3 is 4.98 Å². The highest BCUT2D eigenvalue weighted by Crippen LogP contribution is 1.51. The number of H-pyrrole nitrogens is 2. The summed E-state index contributed by atoms with van der Waals surface area (Å²) in [5, 5.41) is 0. The maximum atomic E-state index is 10.2. The van der Waals surface area contributed by atoms with E-state index >= 15 is 0 Å². The van der Waals surface area contributed by atoms with Crippen LogP contribution < -0.4 is 11.2 Å². The molecule has 0 saturated carbocycles. The van der Waals surface area contributed by atoms with Gasteiger partial charge in [-0.1, -0.05) is 0 Å². The van der Waals surface area contributed by atoms with Crippen LogP contribution in [0.5, 0.6) is 0 Å². The molecule has 1 rings (SSSR count). The summed E-state index contributed by atoms with van der Waals surface area (Å²) in [4.78, 5) is 24.7. The molecule has 0 amide bonds. The van der Waals surface area contributed by atoms with E-state index in [4.69, 9.17) is 0 Å². The number of hydrogen-bond acceptors (Lipinski definition) is 2. The number of rotatable bonds is 0. The Balaban J connectivity index is 3.50. The third-order valence-electron chi connectivity index (χ3n) is 0.686. The van der Waals surface area contributed by atoms with Gasteiger partial charge in [0.1, 0.15) is 0 Å². The molecule has 0 saturated heterocycles. The summed E-state index contributed by atoms with van der Waals surface area (Å²) >= 11 is 0. The molecule has 42 valence electrons. The first-order valence-corrected chi connectivity index (χ1v) is 2.07. The van der Waals surface area contributed by atoms with Crippen LogP contribution in [0.3, 0.4) is 0 Å². The first kappa shape index (κ1) is 4.83. The zero-order chi connectivity index (χ0) is 5.98. The Bertz CT molecular complexity index is 246. The zero-order valence-corrected chi connectivity index (χ0v) is 3.97. The number of aromatic nitrogens is 2. The van der Waals surface area contributed by atoms with Crippen molar-refractivity contribution in [2.24, 2.45) is 0 Å². The molecular formula is C4H4N2O2. The molecule has 0 aliphatic heterocycles. The summed E-state index contributed by atoms with van der Waals surface area (Å²) in [6.45, 7) is 0. The van der Waals surface area contributed by atoms with Crippen LogP contribution in [0.1, 0.15) is 0 Å².